The van der Waals surface area contributed by atoms with Crippen LogP contribution in [0.4, 0.5) is 0 Å². The number of primary sulfonamides is 1. The highest BCUT2D eigenvalue weighted by Gasteiger charge is 2.18. The van der Waals surface area contributed by atoms with Crippen molar-refractivity contribution in [3.63, 3.8) is 0 Å². The van der Waals surface area contributed by atoms with Gasteiger partial charge in [-0.3, -0.25) is 0 Å². The topological polar surface area (TPSA) is 69.4 Å². The fourth-order valence-electron chi connectivity index (χ4n) is 1.24. The molecule has 0 amide bonds. The molecular weight excluding hydrogens is 166 g/mol. The number of nitrogens with two attached hydrogens (primary N) is 1. The summed E-state index contributed by atoms with van der Waals surface area (Å²) in [6.07, 6.45) is 1.63. The Morgan fingerprint density at radius 2 is 1.91 bits per heavy atom. The van der Waals surface area contributed by atoms with E-state index in [-0.39, 0.29) is 11.7 Å². The lowest BCUT2D eigenvalue weighted by molar-refractivity contribution is 0.0723. The highest BCUT2D eigenvalue weighted by atomic mass is 32.2. The zero-order valence-corrected chi connectivity index (χ0v) is 7.14. The SMILES string of the molecule is NS(=O)(=O)CC1CCOCC1. The number of rotatable bonds is 2. The highest BCUT2D eigenvalue weighted by Crippen LogP contribution is 2.15. The lowest BCUT2D eigenvalue weighted by atomic mass is 10.0. The third-order valence-corrected chi connectivity index (χ3v) is 2.74. The van der Waals surface area contributed by atoms with Crippen molar-refractivity contribution in [3.8, 4) is 0 Å². The van der Waals surface area contributed by atoms with E-state index in [9.17, 15) is 8.42 Å². The Hall–Kier alpha value is -0.130. The Morgan fingerprint density at radius 1 is 1.36 bits per heavy atom. The van der Waals surface area contributed by atoms with Crippen LogP contribution in [0.25, 0.3) is 0 Å². The van der Waals surface area contributed by atoms with E-state index in [0.29, 0.717) is 13.2 Å². The van der Waals surface area contributed by atoms with Gasteiger partial charge in [0, 0.05) is 13.2 Å². The fraction of sp³-hybridized carbons (Fsp3) is 1.00. The van der Waals surface area contributed by atoms with Gasteiger partial charge in [-0.2, -0.15) is 0 Å². The first-order chi connectivity index (χ1) is 5.08. The number of hydrogen-bond donors (Lipinski definition) is 1. The summed E-state index contributed by atoms with van der Waals surface area (Å²) in [6.45, 7) is 1.33. The molecule has 1 aliphatic heterocycles. The summed E-state index contributed by atoms with van der Waals surface area (Å²) in [6, 6.07) is 0. The van der Waals surface area contributed by atoms with Gasteiger partial charge < -0.3 is 4.74 Å². The largest absolute Gasteiger partial charge is 0.381 e. The van der Waals surface area contributed by atoms with Gasteiger partial charge in [-0.05, 0) is 18.8 Å². The Morgan fingerprint density at radius 3 is 2.36 bits per heavy atom. The standard InChI is InChI=1S/C6H13NO3S/c7-11(8,9)5-6-1-3-10-4-2-6/h6H,1-5H2,(H2,7,8,9). The van der Waals surface area contributed by atoms with Gasteiger partial charge in [-0.1, -0.05) is 0 Å². The molecule has 1 saturated heterocycles. The molecule has 1 aliphatic rings. The molecule has 0 aromatic heterocycles. The van der Waals surface area contributed by atoms with Crippen molar-refractivity contribution in [3.05, 3.63) is 0 Å². The Bertz CT molecular complexity index is 206. The van der Waals surface area contributed by atoms with Gasteiger partial charge in [0.15, 0.2) is 0 Å². The normalized spacial score (nSPS) is 21.9. The second-order valence-corrected chi connectivity index (χ2v) is 4.54. The van der Waals surface area contributed by atoms with Crippen LogP contribution in [-0.2, 0) is 14.8 Å². The van der Waals surface area contributed by atoms with Crippen molar-refractivity contribution in [1.82, 2.24) is 0 Å². The molecule has 0 atom stereocenters. The molecule has 0 aliphatic carbocycles. The van der Waals surface area contributed by atoms with Crippen LogP contribution in [0.2, 0.25) is 0 Å². The lowest BCUT2D eigenvalue weighted by Crippen LogP contribution is -2.27. The van der Waals surface area contributed by atoms with E-state index in [1.165, 1.54) is 0 Å². The van der Waals surface area contributed by atoms with E-state index in [4.69, 9.17) is 9.88 Å². The smallest absolute Gasteiger partial charge is 0.209 e. The Labute approximate surface area is 66.8 Å². The first-order valence-electron chi connectivity index (χ1n) is 3.66. The molecule has 0 saturated carbocycles. The minimum Gasteiger partial charge on any atom is -0.381 e. The minimum absolute atomic E-state index is 0.107. The molecule has 0 bridgehead atoms. The molecule has 5 heteroatoms. The zero-order valence-electron chi connectivity index (χ0n) is 6.32. The van der Waals surface area contributed by atoms with E-state index < -0.39 is 10.0 Å². The molecule has 0 aromatic carbocycles. The predicted molar refractivity (Wildman–Crippen MR) is 41.5 cm³/mol. The van der Waals surface area contributed by atoms with Crippen LogP contribution in [0.5, 0.6) is 0 Å². The predicted octanol–water partition coefficient (Wildman–Crippen LogP) is -0.298. The Balaban J connectivity index is 2.36. The van der Waals surface area contributed by atoms with Gasteiger partial charge in [0.25, 0.3) is 0 Å². The van der Waals surface area contributed by atoms with Crippen LogP contribution >= 0.6 is 0 Å². The van der Waals surface area contributed by atoms with Crippen LogP contribution in [-0.4, -0.2) is 27.4 Å². The van der Waals surface area contributed by atoms with Crippen LogP contribution < -0.4 is 5.14 Å². The summed E-state index contributed by atoms with van der Waals surface area (Å²) in [4.78, 5) is 0. The van der Waals surface area contributed by atoms with Crippen LogP contribution in [0.3, 0.4) is 0 Å². The number of sulfonamides is 1. The van der Waals surface area contributed by atoms with E-state index in [2.05, 4.69) is 0 Å². The van der Waals surface area contributed by atoms with Gasteiger partial charge >= 0.3 is 0 Å². The first kappa shape index (κ1) is 8.96. The first-order valence-corrected chi connectivity index (χ1v) is 5.38. The molecular formula is C6H13NO3S. The third kappa shape index (κ3) is 3.69. The maximum atomic E-state index is 10.6. The lowest BCUT2D eigenvalue weighted by Gasteiger charge is -2.20. The highest BCUT2D eigenvalue weighted by molar-refractivity contribution is 7.89. The third-order valence-electron chi connectivity index (χ3n) is 1.81. The molecule has 0 aromatic rings. The molecule has 11 heavy (non-hydrogen) atoms. The van der Waals surface area contributed by atoms with Gasteiger partial charge in [0.2, 0.25) is 10.0 Å². The Kier molecular flexibility index (Phi) is 2.86. The van der Waals surface area contributed by atoms with E-state index in [0.717, 1.165) is 12.8 Å². The molecule has 0 unspecified atom stereocenters. The van der Waals surface area contributed by atoms with Gasteiger partial charge in [0.1, 0.15) is 0 Å². The van der Waals surface area contributed by atoms with E-state index in [1.807, 2.05) is 0 Å². The maximum Gasteiger partial charge on any atom is 0.209 e. The van der Waals surface area contributed by atoms with Crippen molar-refractivity contribution < 1.29 is 13.2 Å². The second-order valence-electron chi connectivity index (χ2n) is 2.89. The summed E-state index contributed by atoms with van der Waals surface area (Å²) in [5, 5.41) is 4.90. The summed E-state index contributed by atoms with van der Waals surface area (Å²) in [5.74, 6) is 0.315. The number of hydrogen-bond acceptors (Lipinski definition) is 3. The average Bonchev–Trinajstić information content (AvgIpc) is 1.85. The average molecular weight is 179 g/mol. The summed E-state index contributed by atoms with van der Waals surface area (Å²) in [7, 11) is -3.28. The minimum atomic E-state index is -3.28. The molecule has 66 valence electrons. The van der Waals surface area contributed by atoms with Gasteiger partial charge in [0.05, 0.1) is 5.75 Å². The summed E-state index contributed by atoms with van der Waals surface area (Å²) < 4.78 is 26.4. The molecule has 2 N–H and O–H groups in total. The molecule has 0 radical (unpaired) electrons. The van der Waals surface area contributed by atoms with Crippen molar-refractivity contribution in [1.29, 1.82) is 0 Å². The van der Waals surface area contributed by atoms with E-state index >= 15 is 0 Å². The summed E-state index contributed by atoms with van der Waals surface area (Å²) in [5.41, 5.74) is 0. The van der Waals surface area contributed by atoms with E-state index in [1.54, 1.807) is 0 Å². The zero-order chi connectivity index (χ0) is 8.32. The van der Waals surface area contributed by atoms with Crippen molar-refractivity contribution in [2.75, 3.05) is 19.0 Å². The van der Waals surface area contributed by atoms with Gasteiger partial charge in [-0.15, -0.1) is 0 Å². The fourth-order valence-corrected chi connectivity index (χ4v) is 2.23. The molecule has 1 heterocycles. The quantitative estimate of drug-likeness (QED) is 0.632. The molecule has 1 fully saturated rings. The number of ether oxygens (including phenoxy) is 1. The second kappa shape index (κ2) is 3.51. The van der Waals surface area contributed by atoms with Crippen molar-refractivity contribution in [2.24, 2.45) is 11.1 Å². The van der Waals surface area contributed by atoms with Crippen LogP contribution in [0.15, 0.2) is 0 Å². The van der Waals surface area contributed by atoms with Crippen LogP contribution in [0, 0.1) is 5.92 Å². The van der Waals surface area contributed by atoms with Crippen molar-refractivity contribution >= 4 is 10.0 Å². The molecule has 0 spiro atoms. The van der Waals surface area contributed by atoms with Crippen molar-refractivity contribution in [2.45, 2.75) is 12.8 Å². The molecule has 4 nitrogen and oxygen atoms in total. The van der Waals surface area contributed by atoms with Gasteiger partial charge in [-0.25, -0.2) is 13.6 Å². The summed E-state index contributed by atoms with van der Waals surface area (Å²) >= 11 is 0. The maximum absolute atomic E-state index is 10.6. The molecule has 1 rings (SSSR count). The monoisotopic (exact) mass is 179 g/mol. The van der Waals surface area contributed by atoms with Crippen LogP contribution in [0.1, 0.15) is 12.8 Å².